The van der Waals surface area contributed by atoms with E-state index in [9.17, 15) is 28.9 Å². The van der Waals surface area contributed by atoms with Gasteiger partial charge in [0.05, 0.1) is 19.8 Å². The van der Waals surface area contributed by atoms with E-state index in [2.05, 4.69) is 69.4 Å². The van der Waals surface area contributed by atoms with E-state index in [1.54, 1.807) is 0 Å². The maximum Gasteiger partial charge on any atom is 0.472 e. The summed E-state index contributed by atoms with van der Waals surface area (Å²) in [5, 5.41) is 9.84. The molecule has 0 spiro atoms. The lowest BCUT2D eigenvalue weighted by molar-refractivity contribution is -0.161. The van der Waals surface area contributed by atoms with E-state index in [4.69, 9.17) is 23.3 Å². The molecule has 0 rings (SSSR count). The van der Waals surface area contributed by atoms with Gasteiger partial charge in [0.25, 0.3) is 0 Å². The van der Waals surface area contributed by atoms with Crippen molar-refractivity contribution in [2.75, 3.05) is 26.4 Å². The molecule has 0 heterocycles. The van der Waals surface area contributed by atoms with Crippen LogP contribution in [0.15, 0.2) is 48.6 Å². The van der Waals surface area contributed by atoms with Crippen molar-refractivity contribution < 1.29 is 52.2 Å². The molecule has 0 bridgehead atoms. The molecule has 456 valence electrons. The van der Waals surface area contributed by atoms with Gasteiger partial charge in [0.15, 0.2) is 6.10 Å². The number of carbonyl (C=O) groups excluding carboxylic acids is 3. The first-order valence-electron chi connectivity index (χ1n) is 32.5. The molecule has 0 amide bonds. The van der Waals surface area contributed by atoms with Crippen molar-refractivity contribution in [1.29, 1.82) is 0 Å². The van der Waals surface area contributed by atoms with Gasteiger partial charge in [0, 0.05) is 19.3 Å². The Morgan fingerprint density at radius 2 is 0.667 bits per heavy atom. The fourth-order valence-electron chi connectivity index (χ4n) is 9.31. The third kappa shape index (κ3) is 58.1. The molecular weight excluding hydrogens is 1000 g/mol. The summed E-state index contributed by atoms with van der Waals surface area (Å²) in [6.45, 7) is 4.57. The number of hydrogen-bond acceptors (Lipinski definition) is 10. The van der Waals surface area contributed by atoms with E-state index in [1.165, 1.54) is 167 Å². The average molecular weight is 1120 g/mol. The zero-order valence-corrected chi connectivity index (χ0v) is 51.5. The minimum atomic E-state index is -4.75. The van der Waals surface area contributed by atoms with Crippen LogP contribution in [0.5, 0.6) is 0 Å². The second kappa shape index (κ2) is 60.5. The first-order chi connectivity index (χ1) is 38.2. The van der Waals surface area contributed by atoms with E-state index in [1.807, 2.05) is 0 Å². The molecular formula is C66H121O11P. The fourth-order valence-corrected chi connectivity index (χ4v) is 10.1. The molecule has 0 saturated heterocycles. The van der Waals surface area contributed by atoms with Gasteiger partial charge in [-0.15, -0.1) is 0 Å². The maximum atomic E-state index is 13.0. The Morgan fingerprint density at radius 3 is 1.04 bits per heavy atom. The lowest BCUT2D eigenvalue weighted by Gasteiger charge is -2.21. The Labute approximate surface area is 479 Å². The summed E-state index contributed by atoms with van der Waals surface area (Å²) in [5.74, 6) is -1.46. The molecule has 3 atom stereocenters. The summed E-state index contributed by atoms with van der Waals surface area (Å²) in [6.07, 6.45) is 66.3. The Morgan fingerprint density at radius 1 is 0.372 bits per heavy atom. The Balaban J connectivity index is 4.68. The molecule has 12 heteroatoms. The molecule has 11 nitrogen and oxygen atoms in total. The number of hydrogen-bond donors (Lipinski definition) is 2. The predicted octanol–water partition coefficient (Wildman–Crippen LogP) is 19.7. The van der Waals surface area contributed by atoms with Gasteiger partial charge in [-0.25, -0.2) is 4.57 Å². The van der Waals surface area contributed by atoms with Crippen LogP contribution >= 0.6 is 7.82 Å². The van der Waals surface area contributed by atoms with Crippen LogP contribution in [0.3, 0.4) is 0 Å². The quantitative estimate of drug-likeness (QED) is 0.0197. The first kappa shape index (κ1) is 75.4. The molecule has 0 aliphatic rings. The highest BCUT2D eigenvalue weighted by Gasteiger charge is 2.28. The van der Waals surface area contributed by atoms with Crippen molar-refractivity contribution in [3.63, 3.8) is 0 Å². The smallest absolute Gasteiger partial charge is 0.462 e. The van der Waals surface area contributed by atoms with Crippen LogP contribution in [-0.2, 0) is 42.2 Å². The van der Waals surface area contributed by atoms with E-state index < -0.39 is 57.8 Å². The largest absolute Gasteiger partial charge is 0.472 e. The van der Waals surface area contributed by atoms with E-state index in [0.717, 1.165) is 89.9 Å². The van der Waals surface area contributed by atoms with Gasteiger partial charge in [-0.3, -0.25) is 23.4 Å². The molecule has 78 heavy (non-hydrogen) atoms. The number of phosphoric ester groups is 1. The van der Waals surface area contributed by atoms with Gasteiger partial charge >= 0.3 is 25.7 Å². The van der Waals surface area contributed by atoms with Crippen LogP contribution in [0.4, 0.5) is 0 Å². The highest BCUT2D eigenvalue weighted by atomic mass is 31.2. The minimum Gasteiger partial charge on any atom is -0.462 e. The fraction of sp³-hybridized carbons (Fsp3) is 0.833. The summed E-state index contributed by atoms with van der Waals surface area (Å²) in [7, 11) is -4.75. The van der Waals surface area contributed by atoms with Crippen LogP contribution in [0, 0.1) is 0 Å². The van der Waals surface area contributed by atoms with Gasteiger partial charge in [0.1, 0.15) is 12.7 Å². The van der Waals surface area contributed by atoms with Gasteiger partial charge < -0.3 is 24.2 Å². The van der Waals surface area contributed by atoms with E-state index in [0.29, 0.717) is 19.3 Å². The summed E-state index contributed by atoms with van der Waals surface area (Å²) in [5.41, 5.74) is 0. The van der Waals surface area contributed by atoms with Crippen molar-refractivity contribution >= 4 is 25.7 Å². The van der Waals surface area contributed by atoms with Crippen molar-refractivity contribution in [1.82, 2.24) is 0 Å². The van der Waals surface area contributed by atoms with Gasteiger partial charge in [0.2, 0.25) is 0 Å². The SMILES string of the molecule is CC/C=C\C/C=C\C/C=C\CCCCCCCC(=O)OC(CO)COP(=O)(O)OCC(COC(=O)CCCCCCCCCCCCCCCCCCC)OC(=O)CCCCCCCCCCC/C=C\CCCCCCCC. The predicted molar refractivity (Wildman–Crippen MR) is 325 cm³/mol. The molecule has 3 unspecified atom stereocenters. The first-order valence-corrected chi connectivity index (χ1v) is 34.0. The van der Waals surface area contributed by atoms with Crippen LogP contribution in [0.25, 0.3) is 0 Å². The monoisotopic (exact) mass is 1120 g/mol. The number of aliphatic hydroxyl groups is 1. The zero-order chi connectivity index (χ0) is 56.9. The Bertz CT molecular complexity index is 1490. The lowest BCUT2D eigenvalue weighted by Crippen LogP contribution is -2.30. The standard InChI is InChI=1S/C66H121O11P/c1-4-7-10-13-16-19-22-25-28-30-31-33-36-39-42-45-48-51-54-57-66(70)77-63(59-73-64(68)55-52-49-46-43-40-37-35-32-29-26-23-20-17-14-11-8-5-2)61-75-78(71,72)74-60-62(58-67)76-65(69)56-53-50-47-44-41-38-34-27-24-21-18-15-12-9-6-3/h9,12,18,21,25,27-28,34,62-63,67H,4-8,10-11,13-17,19-20,22-24,26,29-33,35-61H2,1-3H3,(H,71,72)/b12-9-,21-18-,28-25-,34-27-. The van der Waals surface area contributed by atoms with Crippen molar-refractivity contribution in [2.45, 2.75) is 328 Å². The van der Waals surface area contributed by atoms with Gasteiger partial charge in [-0.05, 0) is 77.0 Å². The summed E-state index contributed by atoms with van der Waals surface area (Å²) in [4.78, 5) is 48.8. The molecule has 2 N–H and O–H groups in total. The topological polar surface area (TPSA) is 155 Å². The second-order valence-corrected chi connectivity index (χ2v) is 23.4. The van der Waals surface area contributed by atoms with Crippen molar-refractivity contribution in [3.05, 3.63) is 48.6 Å². The lowest BCUT2D eigenvalue weighted by atomic mass is 10.0. The van der Waals surface area contributed by atoms with Crippen molar-refractivity contribution in [3.8, 4) is 0 Å². The second-order valence-electron chi connectivity index (χ2n) is 21.9. The van der Waals surface area contributed by atoms with Crippen LogP contribution in [0.2, 0.25) is 0 Å². The highest BCUT2D eigenvalue weighted by molar-refractivity contribution is 7.47. The normalized spacial score (nSPS) is 13.6. The number of phosphoric acid groups is 1. The summed E-state index contributed by atoms with van der Waals surface area (Å²) >= 11 is 0. The molecule has 0 aromatic heterocycles. The average Bonchev–Trinajstić information content (AvgIpc) is 3.43. The van der Waals surface area contributed by atoms with Crippen LogP contribution < -0.4 is 0 Å². The third-order valence-corrected chi connectivity index (χ3v) is 15.2. The number of ether oxygens (including phenoxy) is 3. The molecule has 0 radical (unpaired) electrons. The Kier molecular flexibility index (Phi) is 58.5. The summed E-state index contributed by atoms with van der Waals surface area (Å²) in [6, 6.07) is 0. The van der Waals surface area contributed by atoms with E-state index >= 15 is 0 Å². The van der Waals surface area contributed by atoms with Crippen LogP contribution in [-0.4, -0.2) is 66.5 Å². The number of aliphatic hydroxyl groups excluding tert-OH is 1. The van der Waals surface area contributed by atoms with Crippen LogP contribution in [0.1, 0.15) is 316 Å². The highest BCUT2D eigenvalue weighted by Crippen LogP contribution is 2.43. The minimum absolute atomic E-state index is 0.159. The maximum absolute atomic E-state index is 13.0. The molecule has 0 fully saturated rings. The zero-order valence-electron chi connectivity index (χ0n) is 50.6. The molecule has 0 aliphatic heterocycles. The number of unbranched alkanes of at least 4 members (excludes halogenated alkanes) is 36. The molecule has 0 aromatic rings. The Hall–Kier alpha value is -2.56. The van der Waals surface area contributed by atoms with Gasteiger partial charge in [-0.1, -0.05) is 268 Å². The van der Waals surface area contributed by atoms with Crippen molar-refractivity contribution in [2.24, 2.45) is 0 Å². The number of carbonyl (C=O) groups is 3. The van der Waals surface area contributed by atoms with Gasteiger partial charge in [-0.2, -0.15) is 0 Å². The number of rotatable bonds is 61. The summed E-state index contributed by atoms with van der Waals surface area (Å²) < 4.78 is 39.7. The number of esters is 3. The third-order valence-electron chi connectivity index (χ3n) is 14.2. The molecule has 0 aromatic carbocycles. The number of allylic oxidation sites excluding steroid dienone is 8. The molecule has 0 aliphatic carbocycles. The van der Waals surface area contributed by atoms with E-state index in [-0.39, 0.29) is 25.9 Å². The molecule has 0 saturated carbocycles.